The van der Waals surface area contributed by atoms with Crippen molar-refractivity contribution >= 4 is 33.0 Å². The quantitative estimate of drug-likeness (QED) is 0.450. The van der Waals surface area contributed by atoms with Crippen molar-refractivity contribution in [1.82, 2.24) is 0 Å². The van der Waals surface area contributed by atoms with E-state index in [2.05, 4.69) is 10.0 Å². The molecule has 6 nitrogen and oxygen atoms in total. The standard InChI is InChI=1S/C15H17ClN2O4S/c16-9-13(20)10-17-14-3-1-2-4-15(14)23(21,22)18-11-5-7-12(19)8-6-11/h1-8,13,17-20H,9-10H2. The van der Waals surface area contributed by atoms with Gasteiger partial charge in [0.15, 0.2) is 0 Å². The summed E-state index contributed by atoms with van der Waals surface area (Å²) in [4.78, 5) is 0.0508. The van der Waals surface area contributed by atoms with Crippen molar-refractivity contribution < 1.29 is 18.6 Å². The highest BCUT2D eigenvalue weighted by Crippen LogP contribution is 2.24. The van der Waals surface area contributed by atoms with Crippen LogP contribution >= 0.6 is 11.6 Å². The predicted molar refractivity (Wildman–Crippen MR) is 90.6 cm³/mol. The fraction of sp³-hybridized carbons (Fsp3) is 0.200. The number of halogens is 1. The Morgan fingerprint density at radius 2 is 1.74 bits per heavy atom. The maximum atomic E-state index is 12.5. The molecular formula is C15H17ClN2O4S. The Balaban J connectivity index is 2.23. The highest BCUT2D eigenvalue weighted by atomic mass is 35.5. The molecule has 0 amide bonds. The number of nitrogens with one attached hydrogen (secondary N) is 2. The Labute approximate surface area is 139 Å². The number of hydrogen-bond acceptors (Lipinski definition) is 5. The average Bonchev–Trinajstić information content (AvgIpc) is 2.54. The molecule has 0 saturated carbocycles. The minimum Gasteiger partial charge on any atom is -0.508 e. The first kappa shape index (κ1) is 17.4. The lowest BCUT2D eigenvalue weighted by Crippen LogP contribution is -2.22. The molecule has 4 N–H and O–H groups in total. The Kier molecular flexibility index (Phi) is 5.70. The van der Waals surface area contributed by atoms with Gasteiger partial charge in [0.2, 0.25) is 0 Å². The van der Waals surface area contributed by atoms with Crippen molar-refractivity contribution in [1.29, 1.82) is 0 Å². The first-order valence-electron chi connectivity index (χ1n) is 6.81. The second-order valence-electron chi connectivity index (χ2n) is 4.84. The van der Waals surface area contributed by atoms with Gasteiger partial charge in [0.25, 0.3) is 10.0 Å². The lowest BCUT2D eigenvalue weighted by molar-refractivity contribution is 0.211. The van der Waals surface area contributed by atoms with E-state index < -0.39 is 16.1 Å². The van der Waals surface area contributed by atoms with Crippen molar-refractivity contribution in [3.8, 4) is 5.75 Å². The van der Waals surface area contributed by atoms with Gasteiger partial charge in [0, 0.05) is 12.2 Å². The second-order valence-corrected chi connectivity index (χ2v) is 6.80. The van der Waals surface area contributed by atoms with E-state index in [1.54, 1.807) is 18.2 Å². The van der Waals surface area contributed by atoms with Crippen LogP contribution in [0.1, 0.15) is 0 Å². The number of aliphatic hydroxyl groups excluding tert-OH is 1. The maximum absolute atomic E-state index is 12.5. The monoisotopic (exact) mass is 356 g/mol. The molecule has 8 heteroatoms. The van der Waals surface area contributed by atoms with Crippen molar-refractivity contribution in [3.63, 3.8) is 0 Å². The number of anilines is 2. The highest BCUT2D eigenvalue weighted by molar-refractivity contribution is 7.92. The topological polar surface area (TPSA) is 98.7 Å². The first-order chi connectivity index (χ1) is 10.9. The molecule has 2 aromatic rings. The number of aromatic hydroxyl groups is 1. The number of para-hydroxylation sites is 1. The lowest BCUT2D eigenvalue weighted by Gasteiger charge is -2.15. The summed E-state index contributed by atoms with van der Waals surface area (Å²) in [5, 5.41) is 21.6. The fourth-order valence-electron chi connectivity index (χ4n) is 1.87. The van der Waals surface area contributed by atoms with Crippen LogP contribution in [0.15, 0.2) is 53.4 Å². The number of rotatable bonds is 7. The minimum atomic E-state index is -3.82. The molecule has 0 aliphatic carbocycles. The normalized spacial score (nSPS) is 12.6. The second kappa shape index (κ2) is 7.54. The Bertz CT molecular complexity index is 750. The van der Waals surface area contributed by atoms with Crippen LogP contribution < -0.4 is 10.0 Å². The van der Waals surface area contributed by atoms with Gasteiger partial charge in [0.1, 0.15) is 10.6 Å². The van der Waals surface area contributed by atoms with E-state index in [-0.39, 0.29) is 23.1 Å². The molecule has 2 rings (SSSR count). The Hall–Kier alpha value is -1.96. The third-order valence-corrected chi connectivity index (χ3v) is 4.80. The number of aliphatic hydroxyl groups is 1. The van der Waals surface area contributed by atoms with Crippen LogP contribution in [0.5, 0.6) is 5.75 Å². The molecule has 124 valence electrons. The summed E-state index contributed by atoms with van der Waals surface area (Å²) >= 11 is 5.53. The van der Waals surface area contributed by atoms with Gasteiger partial charge >= 0.3 is 0 Å². The molecular weight excluding hydrogens is 340 g/mol. The van der Waals surface area contributed by atoms with E-state index in [1.165, 1.54) is 30.3 Å². The van der Waals surface area contributed by atoms with E-state index in [4.69, 9.17) is 11.6 Å². The smallest absolute Gasteiger partial charge is 0.263 e. The number of alkyl halides is 1. The zero-order valence-electron chi connectivity index (χ0n) is 12.1. The van der Waals surface area contributed by atoms with Gasteiger partial charge in [-0.3, -0.25) is 4.72 Å². The Morgan fingerprint density at radius 1 is 1.09 bits per heavy atom. The maximum Gasteiger partial charge on any atom is 0.263 e. The Morgan fingerprint density at radius 3 is 2.39 bits per heavy atom. The van der Waals surface area contributed by atoms with E-state index in [0.29, 0.717) is 11.4 Å². The molecule has 0 aromatic heterocycles. The van der Waals surface area contributed by atoms with Crippen LogP contribution in [0.3, 0.4) is 0 Å². The van der Waals surface area contributed by atoms with Crippen molar-refractivity contribution in [2.75, 3.05) is 22.5 Å². The number of benzene rings is 2. The fourth-order valence-corrected chi connectivity index (χ4v) is 3.22. The lowest BCUT2D eigenvalue weighted by atomic mass is 10.3. The van der Waals surface area contributed by atoms with Gasteiger partial charge < -0.3 is 15.5 Å². The first-order valence-corrected chi connectivity index (χ1v) is 8.83. The van der Waals surface area contributed by atoms with Gasteiger partial charge in [-0.2, -0.15) is 0 Å². The largest absolute Gasteiger partial charge is 0.508 e. The van der Waals surface area contributed by atoms with Gasteiger partial charge in [-0.25, -0.2) is 8.42 Å². The minimum absolute atomic E-state index is 0.0464. The number of phenols is 1. The molecule has 0 radical (unpaired) electrons. The van der Waals surface area contributed by atoms with E-state index >= 15 is 0 Å². The highest BCUT2D eigenvalue weighted by Gasteiger charge is 2.18. The molecule has 0 bridgehead atoms. The summed E-state index contributed by atoms with van der Waals surface area (Å²) in [6.45, 7) is 0.134. The van der Waals surface area contributed by atoms with Crippen LogP contribution in [-0.2, 0) is 10.0 Å². The average molecular weight is 357 g/mol. The van der Waals surface area contributed by atoms with Crippen molar-refractivity contribution in [3.05, 3.63) is 48.5 Å². The molecule has 0 heterocycles. The zero-order chi connectivity index (χ0) is 16.9. The predicted octanol–water partition coefficient (Wildman–Crippen LogP) is 2.20. The van der Waals surface area contributed by atoms with Gasteiger partial charge in [-0.1, -0.05) is 12.1 Å². The molecule has 0 saturated heterocycles. The third-order valence-electron chi connectivity index (χ3n) is 3.00. The SMILES string of the molecule is O=S(=O)(Nc1ccc(O)cc1)c1ccccc1NCC(O)CCl. The summed E-state index contributed by atoms with van der Waals surface area (Å²) in [6, 6.07) is 12.0. The van der Waals surface area contributed by atoms with E-state index in [0.717, 1.165) is 0 Å². The molecule has 0 aliphatic rings. The molecule has 1 unspecified atom stereocenters. The zero-order valence-corrected chi connectivity index (χ0v) is 13.7. The molecule has 0 fully saturated rings. The van der Waals surface area contributed by atoms with Crippen LogP contribution in [0, 0.1) is 0 Å². The molecule has 23 heavy (non-hydrogen) atoms. The van der Waals surface area contributed by atoms with Gasteiger partial charge in [-0.05, 0) is 36.4 Å². The number of phenolic OH excluding ortho intramolecular Hbond substituents is 1. The van der Waals surface area contributed by atoms with Crippen LogP contribution in [0.25, 0.3) is 0 Å². The summed E-state index contributed by atoms with van der Waals surface area (Å²) in [5.41, 5.74) is 0.696. The molecule has 0 aliphatic heterocycles. The summed E-state index contributed by atoms with van der Waals surface area (Å²) in [6.07, 6.45) is -0.780. The van der Waals surface area contributed by atoms with Gasteiger partial charge in [-0.15, -0.1) is 11.6 Å². The molecule has 1 atom stereocenters. The van der Waals surface area contributed by atoms with Crippen LogP contribution in [0.2, 0.25) is 0 Å². The number of hydrogen-bond donors (Lipinski definition) is 4. The summed E-state index contributed by atoms with van der Waals surface area (Å²) in [5.74, 6) is 0.0956. The van der Waals surface area contributed by atoms with Crippen LogP contribution in [0.4, 0.5) is 11.4 Å². The van der Waals surface area contributed by atoms with Crippen LogP contribution in [-0.4, -0.2) is 37.2 Å². The number of sulfonamides is 1. The molecule has 0 spiro atoms. The van der Waals surface area contributed by atoms with Gasteiger partial charge in [0.05, 0.1) is 17.7 Å². The van der Waals surface area contributed by atoms with Crippen molar-refractivity contribution in [2.24, 2.45) is 0 Å². The summed E-state index contributed by atoms with van der Waals surface area (Å²) in [7, 11) is -3.82. The van der Waals surface area contributed by atoms with E-state index in [9.17, 15) is 18.6 Å². The van der Waals surface area contributed by atoms with E-state index in [1.807, 2.05) is 0 Å². The third kappa shape index (κ3) is 4.75. The summed E-state index contributed by atoms with van der Waals surface area (Å²) < 4.78 is 27.5. The van der Waals surface area contributed by atoms with Crippen molar-refractivity contribution in [2.45, 2.75) is 11.0 Å². The molecule has 2 aromatic carbocycles.